The Bertz CT molecular complexity index is 352. The van der Waals surface area contributed by atoms with E-state index in [1.165, 1.54) is 6.07 Å². The van der Waals surface area contributed by atoms with Crippen molar-refractivity contribution in [3.8, 4) is 5.75 Å². The van der Waals surface area contributed by atoms with Gasteiger partial charge in [-0.25, -0.2) is 0 Å². The molecule has 0 bridgehead atoms. The molecule has 3 heteroatoms. The van der Waals surface area contributed by atoms with E-state index in [1.54, 1.807) is 18.7 Å². The van der Waals surface area contributed by atoms with Gasteiger partial charge in [-0.1, -0.05) is 13.8 Å². The molecule has 0 fully saturated rings. The van der Waals surface area contributed by atoms with Crippen LogP contribution in [0.5, 0.6) is 5.75 Å². The summed E-state index contributed by atoms with van der Waals surface area (Å²) in [6.45, 7) is 4.14. The number of ether oxygens (including phenoxy) is 1. The molecule has 0 aliphatic carbocycles. The van der Waals surface area contributed by atoms with Gasteiger partial charge in [0.05, 0.1) is 7.11 Å². The molecule has 13 heavy (non-hydrogen) atoms. The first-order valence-corrected chi connectivity index (χ1v) is 4.30. The lowest BCUT2D eigenvalue weighted by molar-refractivity contribution is 0.405. The molecule has 1 aromatic rings. The highest BCUT2D eigenvalue weighted by atomic mass is 16.5. The van der Waals surface area contributed by atoms with Crippen LogP contribution in [0.3, 0.4) is 0 Å². The van der Waals surface area contributed by atoms with Gasteiger partial charge in [-0.2, -0.15) is 0 Å². The molecule has 1 heterocycles. The summed E-state index contributed by atoms with van der Waals surface area (Å²) in [7, 11) is 3.33. The molecular formula is C10H15NO2. The van der Waals surface area contributed by atoms with E-state index in [1.807, 2.05) is 6.20 Å². The lowest BCUT2D eigenvalue weighted by Crippen LogP contribution is -2.16. The maximum atomic E-state index is 11.3. The standard InChI is InChI=1S/C10H15NO2/c1-7(2)8-6-11(3)10(12)5-9(8)13-4/h5-7H,1-4H3. The first kappa shape index (κ1) is 9.84. The second-order valence-electron chi connectivity index (χ2n) is 3.40. The third-order valence-corrected chi connectivity index (χ3v) is 2.06. The minimum Gasteiger partial charge on any atom is -0.496 e. The van der Waals surface area contributed by atoms with E-state index in [-0.39, 0.29) is 5.56 Å². The van der Waals surface area contributed by atoms with Gasteiger partial charge in [0, 0.05) is 24.9 Å². The van der Waals surface area contributed by atoms with Crippen molar-refractivity contribution < 1.29 is 4.74 Å². The number of methoxy groups -OCH3 is 1. The fraction of sp³-hybridized carbons (Fsp3) is 0.500. The molecule has 72 valence electrons. The van der Waals surface area contributed by atoms with Crippen molar-refractivity contribution in [1.82, 2.24) is 4.57 Å². The fourth-order valence-electron chi connectivity index (χ4n) is 1.24. The van der Waals surface area contributed by atoms with Crippen molar-refractivity contribution in [1.29, 1.82) is 0 Å². The predicted octanol–water partition coefficient (Wildman–Crippen LogP) is 1.52. The molecule has 0 atom stereocenters. The summed E-state index contributed by atoms with van der Waals surface area (Å²) >= 11 is 0. The Kier molecular flexibility index (Phi) is 2.76. The van der Waals surface area contributed by atoms with Crippen molar-refractivity contribution in [3.05, 3.63) is 28.2 Å². The highest BCUT2D eigenvalue weighted by Gasteiger charge is 2.08. The summed E-state index contributed by atoms with van der Waals surface area (Å²) in [6, 6.07) is 1.52. The topological polar surface area (TPSA) is 31.2 Å². The molecule has 0 saturated carbocycles. The number of pyridine rings is 1. The van der Waals surface area contributed by atoms with Gasteiger partial charge < -0.3 is 9.30 Å². The van der Waals surface area contributed by atoms with E-state index >= 15 is 0 Å². The van der Waals surface area contributed by atoms with Crippen molar-refractivity contribution in [3.63, 3.8) is 0 Å². The minimum absolute atomic E-state index is 0.0405. The molecule has 1 rings (SSSR count). The lowest BCUT2D eigenvalue weighted by Gasteiger charge is -2.12. The quantitative estimate of drug-likeness (QED) is 0.692. The number of aryl methyl sites for hydroxylation is 1. The van der Waals surface area contributed by atoms with E-state index in [9.17, 15) is 4.79 Å². The predicted molar refractivity (Wildman–Crippen MR) is 52.3 cm³/mol. The Morgan fingerprint density at radius 3 is 2.54 bits per heavy atom. The average molecular weight is 181 g/mol. The van der Waals surface area contributed by atoms with Crippen LogP contribution in [0.2, 0.25) is 0 Å². The maximum Gasteiger partial charge on any atom is 0.253 e. The Balaban J connectivity index is 3.33. The monoisotopic (exact) mass is 181 g/mol. The van der Waals surface area contributed by atoms with Crippen LogP contribution in [0.25, 0.3) is 0 Å². The van der Waals surface area contributed by atoms with Gasteiger partial charge in [-0.15, -0.1) is 0 Å². The number of aromatic nitrogens is 1. The molecule has 0 aliphatic rings. The Morgan fingerprint density at radius 1 is 1.46 bits per heavy atom. The number of rotatable bonds is 2. The lowest BCUT2D eigenvalue weighted by atomic mass is 10.0. The van der Waals surface area contributed by atoms with Gasteiger partial charge in [0.25, 0.3) is 5.56 Å². The van der Waals surface area contributed by atoms with Crippen LogP contribution in [0.15, 0.2) is 17.1 Å². The number of nitrogens with zero attached hydrogens (tertiary/aromatic N) is 1. The molecular weight excluding hydrogens is 166 g/mol. The first-order valence-electron chi connectivity index (χ1n) is 4.30. The molecule has 0 radical (unpaired) electrons. The molecule has 0 amide bonds. The van der Waals surface area contributed by atoms with Crippen molar-refractivity contribution in [2.24, 2.45) is 7.05 Å². The van der Waals surface area contributed by atoms with Crippen LogP contribution < -0.4 is 10.3 Å². The minimum atomic E-state index is -0.0405. The first-order chi connectivity index (χ1) is 6.06. The van der Waals surface area contributed by atoms with E-state index in [2.05, 4.69) is 13.8 Å². The summed E-state index contributed by atoms with van der Waals surface area (Å²) in [5, 5.41) is 0. The molecule has 0 aromatic carbocycles. The van der Waals surface area contributed by atoms with Crippen molar-refractivity contribution in [2.45, 2.75) is 19.8 Å². The van der Waals surface area contributed by atoms with E-state index in [0.717, 1.165) is 5.56 Å². The van der Waals surface area contributed by atoms with Crippen LogP contribution in [0.1, 0.15) is 25.3 Å². The molecule has 0 saturated heterocycles. The SMILES string of the molecule is COc1cc(=O)n(C)cc1C(C)C. The zero-order valence-corrected chi connectivity index (χ0v) is 8.50. The van der Waals surface area contributed by atoms with Gasteiger partial charge in [0.2, 0.25) is 0 Å². The highest BCUT2D eigenvalue weighted by molar-refractivity contribution is 5.32. The third-order valence-electron chi connectivity index (χ3n) is 2.06. The van der Waals surface area contributed by atoms with Crippen LogP contribution in [-0.2, 0) is 7.05 Å². The second kappa shape index (κ2) is 3.64. The van der Waals surface area contributed by atoms with Gasteiger partial charge in [0.1, 0.15) is 5.75 Å². The van der Waals surface area contributed by atoms with E-state index in [0.29, 0.717) is 11.7 Å². The summed E-state index contributed by atoms with van der Waals surface area (Å²) in [6.07, 6.45) is 1.83. The number of hydrogen-bond acceptors (Lipinski definition) is 2. The average Bonchev–Trinajstić information content (AvgIpc) is 2.08. The molecule has 0 spiro atoms. The molecule has 0 aliphatic heterocycles. The largest absolute Gasteiger partial charge is 0.496 e. The Labute approximate surface area is 78.0 Å². The normalized spacial score (nSPS) is 10.5. The van der Waals surface area contributed by atoms with Crippen LogP contribution in [0, 0.1) is 0 Å². The smallest absolute Gasteiger partial charge is 0.253 e. The van der Waals surface area contributed by atoms with E-state index < -0.39 is 0 Å². The van der Waals surface area contributed by atoms with Crippen molar-refractivity contribution in [2.75, 3.05) is 7.11 Å². The van der Waals surface area contributed by atoms with Gasteiger partial charge in [0.15, 0.2) is 0 Å². The fourth-order valence-corrected chi connectivity index (χ4v) is 1.24. The maximum absolute atomic E-state index is 11.3. The second-order valence-corrected chi connectivity index (χ2v) is 3.40. The van der Waals surface area contributed by atoms with Gasteiger partial charge >= 0.3 is 0 Å². The molecule has 1 aromatic heterocycles. The zero-order valence-electron chi connectivity index (χ0n) is 8.50. The number of hydrogen-bond donors (Lipinski definition) is 0. The highest BCUT2D eigenvalue weighted by Crippen LogP contribution is 2.23. The Morgan fingerprint density at radius 2 is 2.08 bits per heavy atom. The van der Waals surface area contributed by atoms with Crippen LogP contribution in [-0.4, -0.2) is 11.7 Å². The Hall–Kier alpha value is -1.25. The van der Waals surface area contributed by atoms with Crippen LogP contribution >= 0.6 is 0 Å². The molecule has 3 nitrogen and oxygen atoms in total. The van der Waals surface area contributed by atoms with E-state index in [4.69, 9.17) is 4.74 Å². The summed E-state index contributed by atoms with van der Waals surface area (Å²) in [4.78, 5) is 11.3. The zero-order chi connectivity index (χ0) is 10.0. The van der Waals surface area contributed by atoms with Gasteiger partial charge in [-0.3, -0.25) is 4.79 Å². The molecule has 0 unspecified atom stereocenters. The van der Waals surface area contributed by atoms with Gasteiger partial charge in [-0.05, 0) is 5.92 Å². The van der Waals surface area contributed by atoms with Crippen LogP contribution in [0.4, 0.5) is 0 Å². The third kappa shape index (κ3) is 1.91. The summed E-state index contributed by atoms with van der Waals surface area (Å²) in [5.41, 5.74) is 1.02. The summed E-state index contributed by atoms with van der Waals surface area (Å²) < 4.78 is 6.70. The summed E-state index contributed by atoms with van der Waals surface area (Å²) in [5.74, 6) is 1.04. The van der Waals surface area contributed by atoms with Crippen molar-refractivity contribution >= 4 is 0 Å². The molecule has 0 N–H and O–H groups in total.